The third kappa shape index (κ3) is 19.2. The molecule has 2 aliphatic rings. The molecule has 0 aliphatic heterocycles. The quantitative estimate of drug-likeness (QED) is 0.463. The Hall–Kier alpha value is 0.688. The van der Waals surface area contributed by atoms with Gasteiger partial charge in [-0.3, -0.25) is 0 Å². The summed E-state index contributed by atoms with van der Waals surface area (Å²) in [4.78, 5) is 0. The minimum atomic E-state index is 0. The van der Waals surface area contributed by atoms with Crippen LogP contribution in [0.15, 0.2) is 0 Å². The molecule has 0 nitrogen and oxygen atoms in total. The molecule has 0 aromatic carbocycles. The summed E-state index contributed by atoms with van der Waals surface area (Å²) < 4.78 is 0. The Balaban J connectivity index is 0. The zero-order valence-electron chi connectivity index (χ0n) is 11.7. The maximum atomic E-state index is 3.60. The first-order valence-corrected chi connectivity index (χ1v) is 7.34. The first-order chi connectivity index (χ1) is 7.91. The van der Waals surface area contributed by atoms with Crippen molar-refractivity contribution in [2.24, 2.45) is 0 Å². The summed E-state index contributed by atoms with van der Waals surface area (Å²) in [6.45, 7) is 5.72. The van der Waals surface area contributed by atoms with Crippen LogP contribution in [0.5, 0.6) is 0 Å². The molecule has 0 aromatic rings. The first kappa shape index (κ1) is 20.0. The van der Waals surface area contributed by atoms with Gasteiger partial charge in [-0.15, -0.1) is 0 Å². The molecule has 1 heteroatoms. The van der Waals surface area contributed by atoms with Gasteiger partial charge < -0.3 is 19.8 Å². The predicted octanol–water partition coefficient (Wildman–Crippen LogP) is 5.93. The number of unbranched alkanes of at least 4 members (excludes halogenated alkanes) is 1. The molecule has 2 saturated carbocycles. The molecule has 0 spiro atoms. The maximum Gasteiger partial charge on any atom is 0 e. The van der Waals surface area contributed by atoms with Crippen LogP contribution in [0.2, 0.25) is 0 Å². The van der Waals surface area contributed by atoms with Crippen molar-refractivity contribution in [1.29, 1.82) is 0 Å². The van der Waals surface area contributed by atoms with E-state index in [1.54, 1.807) is 0 Å². The second-order valence-corrected chi connectivity index (χ2v) is 4.71. The molecular formula is C16H31Pt-3. The van der Waals surface area contributed by atoms with E-state index < -0.39 is 0 Å². The SMILES string of the molecule is [CH-]1CCCCC1.[CH-]1CCCCC1.[CH2-]CCC.[Pt]. The van der Waals surface area contributed by atoms with E-state index in [-0.39, 0.29) is 21.1 Å². The van der Waals surface area contributed by atoms with Gasteiger partial charge >= 0.3 is 0 Å². The van der Waals surface area contributed by atoms with E-state index in [1.807, 2.05) is 0 Å². The fourth-order valence-corrected chi connectivity index (χ4v) is 1.80. The van der Waals surface area contributed by atoms with E-state index in [9.17, 15) is 0 Å². The van der Waals surface area contributed by atoms with Crippen molar-refractivity contribution in [3.63, 3.8) is 0 Å². The monoisotopic (exact) mass is 418 g/mol. The molecule has 0 atom stereocenters. The molecule has 0 unspecified atom stereocenters. The zero-order chi connectivity index (χ0) is 11.9. The Kier molecular flexibility index (Phi) is 22.4. The number of hydrogen-bond donors (Lipinski definition) is 0. The molecule has 0 heterocycles. The molecular weight excluding hydrogens is 387 g/mol. The van der Waals surface area contributed by atoms with E-state index in [0.717, 1.165) is 6.42 Å². The largest absolute Gasteiger partial charge is 0.343 e. The second kappa shape index (κ2) is 19.0. The average Bonchev–Trinajstić information content (AvgIpc) is 2.44. The summed E-state index contributed by atoms with van der Waals surface area (Å²) in [5, 5.41) is 0. The van der Waals surface area contributed by atoms with Gasteiger partial charge in [0, 0.05) is 21.1 Å². The van der Waals surface area contributed by atoms with Crippen molar-refractivity contribution in [3.05, 3.63) is 19.8 Å². The van der Waals surface area contributed by atoms with Gasteiger partial charge in [0.05, 0.1) is 0 Å². The van der Waals surface area contributed by atoms with E-state index in [4.69, 9.17) is 0 Å². The van der Waals surface area contributed by atoms with Gasteiger partial charge in [0.1, 0.15) is 0 Å². The van der Waals surface area contributed by atoms with E-state index in [0.29, 0.717) is 0 Å². The van der Waals surface area contributed by atoms with Crippen molar-refractivity contribution in [1.82, 2.24) is 0 Å². The zero-order valence-corrected chi connectivity index (χ0v) is 13.9. The standard InChI is InChI=1S/2C6H11.C4H9.Pt/c2*1-2-4-6-5-3-1;1-3-4-2;/h2*1H,2-6H2;1,3-4H2,2H3;/q3*-1;. The van der Waals surface area contributed by atoms with E-state index in [1.165, 1.54) is 70.6 Å². The van der Waals surface area contributed by atoms with Gasteiger partial charge in [0.25, 0.3) is 0 Å². The first-order valence-electron chi connectivity index (χ1n) is 7.34. The topological polar surface area (TPSA) is 0 Å². The van der Waals surface area contributed by atoms with Crippen LogP contribution in [0.4, 0.5) is 0 Å². The van der Waals surface area contributed by atoms with Crippen LogP contribution in [0.1, 0.15) is 84.0 Å². The summed E-state index contributed by atoms with van der Waals surface area (Å²) in [7, 11) is 0. The van der Waals surface area contributed by atoms with Crippen LogP contribution in [-0.2, 0) is 21.1 Å². The Labute approximate surface area is 125 Å². The third-order valence-electron chi connectivity index (χ3n) is 2.99. The number of rotatable bonds is 1. The molecule has 0 N–H and O–H groups in total. The molecule has 0 amide bonds. The summed E-state index contributed by atoms with van der Waals surface area (Å²) in [6, 6.07) is 0. The van der Waals surface area contributed by atoms with Crippen LogP contribution in [0.3, 0.4) is 0 Å². The predicted molar refractivity (Wildman–Crippen MR) is 75.0 cm³/mol. The fourth-order valence-electron chi connectivity index (χ4n) is 1.80. The maximum absolute atomic E-state index is 3.60. The minimum Gasteiger partial charge on any atom is -0.343 e. The van der Waals surface area contributed by atoms with Crippen molar-refractivity contribution < 1.29 is 21.1 Å². The van der Waals surface area contributed by atoms with Gasteiger partial charge in [-0.2, -0.15) is 32.1 Å². The van der Waals surface area contributed by atoms with Gasteiger partial charge in [-0.1, -0.05) is 51.9 Å². The minimum absolute atomic E-state index is 0. The van der Waals surface area contributed by atoms with Crippen LogP contribution >= 0.6 is 0 Å². The third-order valence-corrected chi connectivity index (χ3v) is 2.99. The van der Waals surface area contributed by atoms with Gasteiger partial charge in [0.15, 0.2) is 0 Å². The molecule has 0 saturated heterocycles. The molecule has 2 rings (SSSR count). The second-order valence-electron chi connectivity index (χ2n) is 4.71. The molecule has 0 radical (unpaired) electrons. The van der Waals surface area contributed by atoms with E-state index in [2.05, 4.69) is 26.7 Å². The average molecular weight is 419 g/mol. The van der Waals surface area contributed by atoms with Crippen molar-refractivity contribution in [2.45, 2.75) is 84.0 Å². The fraction of sp³-hybridized carbons (Fsp3) is 0.812. The summed E-state index contributed by atoms with van der Waals surface area (Å²) >= 11 is 0. The molecule has 17 heavy (non-hydrogen) atoms. The molecule has 0 aromatic heterocycles. The summed E-state index contributed by atoms with van der Waals surface area (Å²) in [5.74, 6) is 0. The normalized spacial score (nSPS) is 18.7. The van der Waals surface area contributed by atoms with Gasteiger partial charge in [-0.25, -0.2) is 0 Å². The van der Waals surface area contributed by atoms with Crippen molar-refractivity contribution in [2.75, 3.05) is 0 Å². The Morgan fingerprint density at radius 3 is 1.12 bits per heavy atom. The summed E-state index contributed by atoms with van der Waals surface area (Å²) in [5.41, 5.74) is 0. The van der Waals surface area contributed by atoms with Gasteiger partial charge in [0.2, 0.25) is 0 Å². The molecule has 108 valence electrons. The Morgan fingerprint density at radius 1 is 0.765 bits per heavy atom. The Bertz CT molecular complexity index is 67.1. The van der Waals surface area contributed by atoms with Crippen LogP contribution < -0.4 is 0 Å². The van der Waals surface area contributed by atoms with Gasteiger partial charge in [-0.05, 0) is 0 Å². The molecule has 2 fully saturated rings. The van der Waals surface area contributed by atoms with Crippen molar-refractivity contribution >= 4 is 0 Å². The van der Waals surface area contributed by atoms with Crippen LogP contribution in [0, 0.1) is 19.8 Å². The molecule has 2 aliphatic carbocycles. The smallest absolute Gasteiger partial charge is 0 e. The number of hydrogen-bond acceptors (Lipinski definition) is 0. The molecule has 0 bridgehead atoms. The summed E-state index contributed by atoms with van der Waals surface area (Å²) in [6.07, 6.45) is 21.3. The van der Waals surface area contributed by atoms with Crippen molar-refractivity contribution in [3.8, 4) is 0 Å². The van der Waals surface area contributed by atoms with Crippen LogP contribution in [0.25, 0.3) is 0 Å². The van der Waals surface area contributed by atoms with E-state index >= 15 is 0 Å². The van der Waals surface area contributed by atoms with Crippen LogP contribution in [-0.4, -0.2) is 0 Å². The Morgan fingerprint density at radius 2 is 1.06 bits per heavy atom.